The molecule has 1 N–H and O–H groups in total. The van der Waals surface area contributed by atoms with Crippen LogP contribution in [0, 0.1) is 5.82 Å². The molecule has 0 spiro atoms. The summed E-state index contributed by atoms with van der Waals surface area (Å²) in [5.74, 6) is -0.618. The van der Waals surface area contributed by atoms with Gasteiger partial charge in [0.05, 0.1) is 13.2 Å². The van der Waals surface area contributed by atoms with Crippen molar-refractivity contribution in [1.82, 2.24) is 4.98 Å². The van der Waals surface area contributed by atoms with Crippen LogP contribution in [0.5, 0.6) is 0 Å². The van der Waals surface area contributed by atoms with Crippen LogP contribution in [-0.4, -0.2) is 18.2 Å². The molecule has 23 heavy (non-hydrogen) atoms. The molecule has 2 aromatic rings. The molecule has 0 aliphatic carbocycles. The number of halogens is 1. The molecule has 0 saturated carbocycles. The van der Waals surface area contributed by atoms with Crippen molar-refractivity contribution in [2.24, 2.45) is 0 Å². The van der Waals surface area contributed by atoms with E-state index in [1.807, 2.05) is 6.07 Å². The smallest absolute Gasteiger partial charge is 0.353 e. The molecule has 1 atom stereocenters. The van der Waals surface area contributed by atoms with E-state index in [-0.39, 0.29) is 19.0 Å². The highest BCUT2D eigenvalue weighted by molar-refractivity contribution is 7.54. The van der Waals surface area contributed by atoms with Gasteiger partial charge in [0.25, 0.3) is 0 Å². The lowest BCUT2D eigenvalue weighted by atomic mass is 10.2. The quantitative estimate of drug-likeness (QED) is 0.713. The Labute approximate surface area is 135 Å². The van der Waals surface area contributed by atoms with Crippen LogP contribution in [0.15, 0.2) is 48.7 Å². The van der Waals surface area contributed by atoms with Gasteiger partial charge in [-0.05, 0) is 43.7 Å². The Hall–Kier alpha value is -1.75. The second-order valence-corrected chi connectivity index (χ2v) is 6.80. The molecule has 0 fully saturated rings. The molecule has 0 aliphatic rings. The van der Waals surface area contributed by atoms with E-state index in [2.05, 4.69) is 10.3 Å². The predicted octanol–water partition coefficient (Wildman–Crippen LogP) is 4.60. The summed E-state index contributed by atoms with van der Waals surface area (Å²) in [6, 6.07) is 11.1. The Bertz CT molecular complexity index is 642. The Balaban J connectivity index is 2.40. The van der Waals surface area contributed by atoms with Crippen LogP contribution >= 0.6 is 7.60 Å². The van der Waals surface area contributed by atoms with Crippen molar-refractivity contribution in [3.63, 3.8) is 0 Å². The summed E-state index contributed by atoms with van der Waals surface area (Å²) in [5.41, 5.74) is 0.599. The number of hydrogen-bond acceptors (Lipinski definition) is 5. The zero-order chi connectivity index (χ0) is 16.7. The zero-order valence-electron chi connectivity index (χ0n) is 13.1. The van der Waals surface area contributed by atoms with E-state index in [0.29, 0.717) is 11.4 Å². The van der Waals surface area contributed by atoms with Gasteiger partial charge in [-0.15, -0.1) is 0 Å². The molecule has 0 radical (unpaired) electrons. The summed E-state index contributed by atoms with van der Waals surface area (Å²) in [4.78, 5) is 4.18. The number of benzene rings is 1. The van der Waals surface area contributed by atoms with E-state index in [1.54, 1.807) is 44.3 Å². The molecule has 0 bridgehead atoms. The lowest BCUT2D eigenvalue weighted by Crippen LogP contribution is -2.16. The van der Waals surface area contributed by atoms with Crippen LogP contribution in [0.3, 0.4) is 0 Å². The van der Waals surface area contributed by atoms with Gasteiger partial charge in [-0.25, -0.2) is 9.37 Å². The van der Waals surface area contributed by atoms with Crippen LogP contribution < -0.4 is 5.32 Å². The molecule has 0 unspecified atom stereocenters. The fraction of sp³-hybridized carbons (Fsp3) is 0.312. The van der Waals surface area contributed by atoms with E-state index in [4.69, 9.17) is 9.05 Å². The molecule has 0 saturated heterocycles. The van der Waals surface area contributed by atoms with Gasteiger partial charge in [0, 0.05) is 6.20 Å². The first-order chi connectivity index (χ1) is 11.1. The van der Waals surface area contributed by atoms with Crippen LogP contribution in [-0.2, 0) is 13.6 Å². The van der Waals surface area contributed by atoms with E-state index >= 15 is 0 Å². The molecular formula is C16H20FN2O3P. The first kappa shape index (κ1) is 17.6. The van der Waals surface area contributed by atoms with Crippen LogP contribution in [0.1, 0.15) is 25.2 Å². The monoisotopic (exact) mass is 338 g/mol. The summed E-state index contributed by atoms with van der Waals surface area (Å²) < 4.78 is 37.3. The Kier molecular flexibility index (Phi) is 6.28. The summed E-state index contributed by atoms with van der Waals surface area (Å²) in [7, 11) is -3.51. The highest BCUT2D eigenvalue weighted by atomic mass is 31.2. The van der Waals surface area contributed by atoms with Crippen molar-refractivity contribution in [3.8, 4) is 0 Å². The van der Waals surface area contributed by atoms with E-state index in [1.165, 1.54) is 12.1 Å². The molecular weight excluding hydrogens is 318 g/mol. The van der Waals surface area contributed by atoms with Crippen molar-refractivity contribution >= 4 is 13.4 Å². The van der Waals surface area contributed by atoms with Gasteiger partial charge in [-0.3, -0.25) is 4.57 Å². The SMILES string of the molecule is CCOP(=O)(OCC)[C@H](Nc1ccccn1)c1ccc(F)cc1. The summed E-state index contributed by atoms with van der Waals surface area (Å²) in [6.07, 6.45) is 1.62. The standard InChI is InChI=1S/C16H20FN2O3P/c1-3-21-23(20,22-4-2)16(13-8-10-14(17)11-9-13)19-15-7-5-6-12-18-15/h5-12,16H,3-4H2,1-2H3,(H,18,19)/t16-/m0/s1. The maximum Gasteiger partial charge on any atom is 0.357 e. The van der Waals surface area contributed by atoms with Crippen molar-refractivity contribution < 1.29 is 18.0 Å². The maximum atomic E-state index is 13.2. The Morgan fingerprint density at radius 3 is 2.30 bits per heavy atom. The second-order valence-electron chi connectivity index (χ2n) is 4.69. The Morgan fingerprint density at radius 2 is 1.78 bits per heavy atom. The number of nitrogens with zero attached hydrogens (tertiary/aromatic N) is 1. The number of rotatable bonds is 8. The zero-order valence-corrected chi connectivity index (χ0v) is 14.0. The first-order valence-corrected chi connectivity index (χ1v) is 9.02. The molecule has 1 heterocycles. The van der Waals surface area contributed by atoms with Crippen molar-refractivity contribution in [3.05, 3.63) is 60.0 Å². The topological polar surface area (TPSA) is 60.5 Å². The third-order valence-electron chi connectivity index (χ3n) is 3.07. The number of pyridine rings is 1. The largest absolute Gasteiger partial charge is 0.357 e. The lowest BCUT2D eigenvalue weighted by Gasteiger charge is -2.27. The summed E-state index contributed by atoms with van der Waals surface area (Å²) >= 11 is 0. The third-order valence-corrected chi connectivity index (χ3v) is 5.37. The van der Waals surface area contributed by atoms with Crippen molar-refractivity contribution in [1.29, 1.82) is 0 Å². The molecule has 1 aromatic carbocycles. The molecule has 7 heteroatoms. The molecule has 1 aromatic heterocycles. The van der Waals surface area contributed by atoms with Gasteiger partial charge < -0.3 is 14.4 Å². The van der Waals surface area contributed by atoms with Gasteiger partial charge >= 0.3 is 7.60 Å². The van der Waals surface area contributed by atoms with Crippen LogP contribution in [0.25, 0.3) is 0 Å². The van der Waals surface area contributed by atoms with Gasteiger partial charge in [0.15, 0.2) is 5.78 Å². The minimum absolute atomic E-state index is 0.235. The highest BCUT2D eigenvalue weighted by Gasteiger charge is 2.37. The predicted molar refractivity (Wildman–Crippen MR) is 87.9 cm³/mol. The van der Waals surface area contributed by atoms with Gasteiger partial charge in [0.2, 0.25) is 0 Å². The minimum Gasteiger partial charge on any atom is -0.353 e. The maximum absolute atomic E-state index is 13.2. The summed E-state index contributed by atoms with van der Waals surface area (Å²) in [5, 5.41) is 3.08. The number of hydrogen-bond donors (Lipinski definition) is 1. The van der Waals surface area contributed by atoms with Gasteiger partial charge in [-0.1, -0.05) is 18.2 Å². The van der Waals surface area contributed by atoms with Crippen LogP contribution in [0.4, 0.5) is 10.2 Å². The molecule has 124 valence electrons. The highest BCUT2D eigenvalue weighted by Crippen LogP contribution is 2.60. The average molecular weight is 338 g/mol. The normalized spacial score (nSPS) is 12.8. The van der Waals surface area contributed by atoms with E-state index < -0.39 is 13.4 Å². The van der Waals surface area contributed by atoms with Crippen molar-refractivity contribution in [2.75, 3.05) is 18.5 Å². The van der Waals surface area contributed by atoms with Crippen LogP contribution in [0.2, 0.25) is 0 Å². The number of anilines is 1. The molecule has 2 rings (SSSR count). The number of nitrogens with one attached hydrogen (secondary N) is 1. The molecule has 0 amide bonds. The third kappa shape index (κ3) is 4.61. The fourth-order valence-electron chi connectivity index (χ4n) is 2.12. The van der Waals surface area contributed by atoms with E-state index in [9.17, 15) is 8.96 Å². The summed E-state index contributed by atoms with van der Waals surface area (Å²) in [6.45, 7) is 3.96. The minimum atomic E-state index is -3.51. The lowest BCUT2D eigenvalue weighted by molar-refractivity contribution is 0.214. The average Bonchev–Trinajstić information content (AvgIpc) is 2.55. The first-order valence-electron chi connectivity index (χ1n) is 7.41. The molecule has 0 aliphatic heterocycles. The Morgan fingerprint density at radius 1 is 1.13 bits per heavy atom. The fourth-order valence-corrected chi connectivity index (χ4v) is 4.04. The number of aromatic nitrogens is 1. The van der Waals surface area contributed by atoms with Gasteiger partial charge in [-0.2, -0.15) is 0 Å². The van der Waals surface area contributed by atoms with Gasteiger partial charge in [0.1, 0.15) is 11.6 Å². The van der Waals surface area contributed by atoms with Crippen molar-refractivity contribution in [2.45, 2.75) is 19.6 Å². The second kappa shape index (κ2) is 8.20. The van der Waals surface area contributed by atoms with E-state index in [0.717, 1.165) is 0 Å². The molecule has 5 nitrogen and oxygen atoms in total.